The lowest BCUT2D eigenvalue weighted by Crippen LogP contribution is -2.41. The first-order valence-electron chi connectivity index (χ1n) is 8.17. The van der Waals surface area contributed by atoms with Crippen LogP contribution in [0.1, 0.15) is 18.4 Å². The van der Waals surface area contributed by atoms with Crippen molar-refractivity contribution in [1.82, 2.24) is 4.90 Å². The van der Waals surface area contributed by atoms with Crippen molar-refractivity contribution in [3.05, 3.63) is 63.6 Å². The Kier molecular flexibility index (Phi) is 6.14. The lowest BCUT2D eigenvalue weighted by molar-refractivity contribution is 0.268. The third-order valence-electron chi connectivity index (χ3n) is 4.44. The highest BCUT2D eigenvalue weighted by molar-refractivity contribution is 9.10. The van der Waals surface area contributed by atoms with E-state index in [-0.39, 0.29) is 0 Å². The van der Waals surface area contributed by atoms with E-state index in [0.29, 0.717) is 5.02 Å². The van der Waals surface area contributed by atoms with Crippen molar-refractivity contribution in [2.45, 2.75) is 19.3 Å². The highest BCUT2D eigenvalue weighted by atomic mass is 79.9. The summed E-state index contributed by atoms with van der Waals surface area (Å²) >= 11 is 15.2. The summed E-state index contributed by atoms with van der Waals surface area (Å²) in [6, 6.07) is 16.5. The zero-order chi connectivity index (χ0) is 16.9. The quantitative estimate of drug-likeness (QED) is 0.632. The molecule has 3 rings (SSSR count). The van der Waals surface area contributed by atoms with Crippen LogP contribution in [0.25, 0.3) is 0 Å². The van der Waals surface area contributed by atoms with Crippen LogP contribution in [0.3, 0.4) is 0 Å². The Morgan fingerprint density at radius 2 is 1.88 bits per heavy atom. The molecule has 24 heavy (non-hydrogen) atoms. The number of likely N-dealkylation sites (tertiary alicyclic amines) is 1. The predicted molar refractivity (Wildman–Crippen MR) is 110 cm³/mol. The topological polar surface area (TPSA) is 15.3 Å². The number of hydrogen-bond donors (Lipinski definition) is 1. The number of benzene rings is 2. The minimum absolute atomic E-state index is 0.672. The maximum atomic E-state index is 6.26. The summed E-state index contributed by atoms with van der Waals surface area (Å²) in [6.45, 7) is 2.00. The Balaban J connectivity index is 1.51. The van der Waals surface area contributed by atoms with E-state index >= 15 is 0 Å². The molecule has 0 amide bonds. The fraction of sp³-hybridized carbons (Fsp3) is 0.316. The average molecular weight is 424 g/mol. The molecule has 0 saturated carbocycles. The summed E-state index contributed by atoms with van der Waals surface area (Å²) in [5, 5.41) is 4.71. The first-order valence-corrected chi connectivity index (χ1v) is 9.74. The Bertz CT molecular complexity index is 700. The number of nitrogens with zero attached hydrogens (tertiary/aromatic N) is 1. The van der Waals surface area contributed by atoms with Crippen LogP contribution in [-0.2, 0) is 6.42 Å². The van der Waals surface area contributed by atoms with E-state index in [1.165, 1.54) is 18.4 Å². The maximum absolute atomic E-state index is 6.26. The van der Waals surface area contributed by atoms with Crippen LogP contribution in [0.5, 0.6) is 0 Å². The monoisotopic (exact) mass is 422 g/mol. The molecule has 5 heteroatoms. The highest BCUT2D eigenvalue weighted by Gasteiger charge is 2.21. The van der Waals surface area contributed by atoms with E-state index in [0.717, 1.165) is 40.7 Å². The fourth-order valence-corrected chi connectivity index (χ4v) is 4.09. The number of halogens is 2. The molecule has 126 valence electrons. The van der Waals surface area contributed by atoms with Crippen molar-refractivity contribution in [2.24, 2.45) is 5.92 Å². The lowest BCUT2D eigenvalue weighted by Gasteiger charge is -2.34. The highest BCUT2D eigenvalue weighted by Crippen LogP contribution is 2.27. The Morgan fingerprint density at radius 1 is 1.17 bits per heavy atom. The molecular formula is C19H20BrClN2S. The minimum atomic E-state index is 0.672. The van der Waals surface area contributed by atoms with Gasteiger partial charge in [0.25, 0.3) is 0 Å². The maximum Gasteiger partial charge on any atom is 0.173 e. The van der Waals surface area contributed by atoms with Crippen molar-refractivity contribution >= 4 is 50.5 Å². The molecule has 2 aromatic rings. The van der Waals surface area contributed by atoms with Gasteiger partial charge in [-0.3, -0.25) is 0 Å². The van der Waals surface area contributed by atoms with Crippen LogP contribution in [0.4, 0.5) is 5.69 Å². The molecule has 0 aliphatic carbocycles. The summed E-state index contributed by atoms with van der Waals surface area (Å²) in [6.07, 6.45) is 3.50. The molecule has 0 radical (unpaired) electrons. The number of thiocarbonyl (C=S) groups is 1. The summed E-state index contributed by atoms with van der Waals surface area (Å²) < 4.78 is 0.964. The second kappa shape index (κ2) is 8.32. The molecule has 1 heterocycles. The first kappa shape index (κ1) is 17.7. The number of rotatable bonds is 3. The van der Waals surface area contributed by atoms with Crippen molar-refractivity contribution in [3.8, 4) is 0 Å². The van der Waals surface area contributed by atoms with Gasteiger partial charge in [-0.15, -0.1) is 0 Å². The molecule has 0 atom stereocenters. The van der Waals surface area contributed by atoms with E-state index in [2.05, 4.69) is 56.5 Å². The number of piperidine rings is 1. The van der Waals surface area contributed by atoms with Gasteiger partial charge in [0.1, 0.15) is 0 Å². The Hall–Kier alpha value is -1.10. The van der Waals surface area contributed by atoms with Crippen LogP contribution >= 0.6 is 39.7 Å². The summed E-state index contributed by atoms with van der Waals surface area (Å²) in [5.74, 6) is 0.739. The van der Waals surface area contributed by atoms with Crippen molar-refractivity contribution in [3.63, 3.8) is 0 Å². The number of hydrogen-bond acceptors (Lipinski definition) is 1. The largest absolute Gasteiger partial charge is 0.349 e. The van der Waals surface area contributed by atoms with Crippen molar-refractivity contribution in [1.29, 1.82) is 0 Å². The SMILES string of the molecule is S=C(Nc1ccc(Br)cc1Cl)N1CCC(Cc2ccccc2)CC1. The van der Waals surface area contributed by atoms with E-state index in [4.69, 9.17) is 23.8 Å². The van der Waals surface area contributed by atoms with Gasteiger partial charge in [0.15, 0.2) is 5.11 Å². The molecule has 1 saturated heterocycles. The fourth-order valence-electron chi connectivity index (χ4n) is 3.07. The predicted octanol–water partition coefficient (Wildman–Crippen LogP) is 5.75. The second-order valence-corrected chi connectivity index (χ2v) is 7.88. The van der Waals surface area contributed by atoms with Gasteiger partial charge in [-0.05, 0) is 61.2 Å². The Morgan fingerprint density at radius 3 is 2.54 bits per heavy atom. The third-order valence-corrected chi connectivity index (χ3v) is 5.61. The standard InChI is InChI=1S/C19H20BrClN2S/c20-16-6-7-18(17(21)13-16)22-19(24)23-10-8-15(9-11-23)12-14-4-2-1-3-5-14/h1-7,13,15H,8-12H2,(H,22,24). The molecule has 0 bridgehead atoms. The van der Waals surface area contributed by atoms with Crippen LogP contribution < -0.4 is 5.32 Å². The molecule has 1 aliphatic heterocycles. The van der Waals surface area contributed by atoms with Crippen LogP contribution in [-0.4, -0.2) is 23.1 Å². The third kappa shape index (κ3) is 4.71. The summed E-state index contributed by atoms with van der Waals surface area (Å²) in [4.78, 5) is 2.25. The van der Waals surface area contributed by atoms with E-state index in [9.17, 15) is 0 Å². The van der Waals surface area contributed by atoms with Crippen LogP contribution in [0.15, 0.2) is 53.0 Å². The zero-order valence-corrected chi connectivity index (χ0v) is 16.5. The normalized spacial score (nSPS) is 15.3. The van der Waals surface area contributed by atoms with Gasteiger partial charge in [0.2, 0.25) is 0 Å². The van der Waals surface area contributed by atoms with E-state index in [1.54, 1.807) is 0 Å². The molecule has 0 spiro atoms. The van der Waals surface area contributed by atoms with Gasteiger partial charge in [0.05, 0.1) is 10.7 Å². The molecule has 1 N–H and O–H groups in total. The molecule has 2 aromatic carbocycles. The van der Waals surface area contributed by atoms with Crippen molar-refractivity contribution < 1.29 is 0 Å². The van der Waals surface area contributed by atoms with E-state index < -0.39 is 0 Å². The van der Waals surface area contributed by atoms with Gasteiger partial charge in [-0.2, -0.15) is 0 Å². The second-order valence-electron chi connectivity index (χ2n) is 6.17. The van der Waals surface area contributed by atoms with Gasteiger partial charge >= 0.3 is 0 Å². The number of anilines is 1. The molecule has 1 aliphatic rings. The number of nitrogens with one attached hydrogen (secondary N) is 1. The average Bonchev–Trinajstić information content (AvgIpc) is 2.59. The van der Waals surface area contributed by atoms with Crippen LogP contribution in [0.2, 0.25) is 5.02 Å². The van der Waals surface area contributed by atoms with Crippen LogP contribution in [0, 0.1) is 5.92 Å². The molecule has 1 fully saturated rings. The lowest BCUT2D eigenvalue weighted by atomic mass is 9.90. The van der Waals surface area contributed by atoms with Gasteiger partial charge in [0, 0.05) is 17.6 Å². The van der Waals surface area contributed by atoms with Gasteiger partial charge in [-0.25, -0.2) is 0 Å². The molecule has 0 unspecified atom stereocenters. The van der Waals surface area contributed by atoms with Crippen molar-refractivity contribution in [2.75, 3.05) is 18.4 Å². The first-order chi connectivity index (χ1) is 11.6. The minimum Gasteiger partial charge on any atom is -0.349 e. The summed E-state index contributed by atoms with van der Waals surface area (Å²) in [7, 11) is 0. The molecule has 2 nitrogen and oxygen atoms in total. The summed E-state index contributed by atoms with van der Waals surface area (Å²) in [5.41, 5.74) is 2.29. The molecular weight excluding hydrogens is 404 g/mol. The van der Waals surface area contributed by atoms with Gasteiger partial charge in [-0.1, -0.05) is 57.9 Å². The van der Waals surface area contributed by atoms with E-state index in [1.807, 2.05) is 18.2 Å². The Labute approximate surface area is 162 Å². The zero-order valence-electron chi connectivity index (χ0n) is 13.3. The smallest absolute Gasteiger partial charge is 0.173 e. The van der Waals surface area contributed by atoms with Gasteiger partial charge < -0.3 is 10.2 Å². The molecule has 0 aromatic heterocycles.